The Morgan fingerprint density at radius 1 is 1.23 bits per heavy atom. The lowest BCUT2D eigenvalue weighted by Crippen LogP contribution is -2.41. The Hall–Kier alpha value is -2.07. The molecule has 1 unspecified atom stereocenters. The first kappa shape index (κ1) is 23.6. The van der Waals surface area contributed by atoms with Crippen molar-refractivity contribution in [1.29, 1.82) is 0 Å². The molecular formula is C23H31IN4O3. The van der Waals surface area contributed by atoms with Crippen LogP contribution in [0, 0.1) is 5.41 Å². The van der Waals surface area contributed by atoms with Crippen LogP contribution >= 0.6 is 24.0 Å². The average Bonchev–Trinajstić information content (AvgIpc) is 3.40. The van der Waals surface area contributed by atoms with Crippen LogP contribution in [0.5, 0.6) is 17.4 Å². The van der Waals surface area contributed by atoms with Gasteiger partial charge < -0.3 is 24.4 Å². The van der Waals surface area contributed by atoms with Crippen LogP contribution in [-0.4, -0.2) is 55.8 Å². The van der Waals surface area contributed by atoms with Gasteiger partial charge in [0.2, 0.25) is 5.88 Å². The molecule has 1 atom stereocenters. The molecule has 0 saturated carbocycles. The van der Waals surface area contributed by atoms with Crippen molar-refractivity contribution in [2.45, 2.75) is 26.3 Å². The maximum atomic E-state index is 5.90. The molecule has 1 aromatic heterocycles. The minimum Gasteiger partial charge on any atom is -0.494 e. The van der Waals surface area contributed by atoms with Crippen LogP contribution in [0.2, 0.25) is 0 Å². The topological polar surface area (TPSA) is 68.2 Å². The van der Waals surface area contributed by atoms with E-state index < -0.39 is 0 Å². The van der Waals surface area contributed by atoms with Crippen molar-refractivity contribution >= 4 is 29.9 Å². The second kappa shape index (κ2) is 11.0. The number of likely N-dealkylation sites (tertiary alicyclic amines) is 1. The van der Waals surface area contributed by atoms with Crippen molar-refractivity contribution < 1.29 is 14.2 Å². The van der Waals surface area contributed by atoms with Crippen LogP contribution < -0.4 is 14.8 Å². The van der Waals surface area contributed by atoms with Gasteiger partial charge in [0, 0.05) is 51.0 Å². The first-order valence-electron chi connectivity index (χ1n) is 10.6. The summed E-state index contributed by atoms with van der Waals surface area (Å²) >= 11 is 0. The number of hydrogen-bond donors (Lipinski definition) is 1. The lowest BCUT2D eigenvalue weighted by atomic mass is 9.87. The molecule has 0 amide bonds. The molecule has 0 bridgehead atoms. The summed E-state index contributed by atoms with van der Waals surface area (Å²) in [5.41, 5.74) is 1.40. The third-order valence-electron chi connectivity index (χ3n) is 5.74. The molecule has 0 aliphatic carbocycles. The lowest BCUT2D eigenvalue weighted by Gasteiger charge is -2.25. The van der Waals surface area contributed by atoms with Gasteiger partial charge in [-0.05, 0) is 55.7 Å². The fraction of sp³-hybridized carbons (Fsp3) is 0.478. The number of aliphatic imine (C=N–C) groups is 1. The number of pyridine rings is 1. The highest BCUT2D eigenvalue weighted by Crippen LogP contribution is 2.38. The highest BCUT2D eigenvalue weighted by atomic mass is 127. The van der Waals surface area contributed by atoms with E-state index in [-0.39, 0.29) is 24.0 Å². The number of nitrogens with one attached hydrogen (secondary N) is 1. The maximum absolute atomic E-state index is 5.90. The molecule has 8 heteroatoms. The summed E-state index contributed by atoms with van der Waals surface area (Å²) in [6.45, 7) is 7.06. The molecule has 0 radical (unpaired) electrons. The average molecular weight is 538 g/mol. The Labute approximate surface area is 201 Å². The van der Waals surface area contributed by atoms with Gasteiger partial charge in [0.15, 0.2) is 5.96 Å². The van der Waals surface area contributed by atoms with Crippen molar-refractivity contribution in [2.75, 3.05) is 40.0 Å². The molecule has 4 rings (SSSR count). The minimum atomic E-state index is 0. The third kappa shape index (κ3) is 6.00. The molecular weight excluding hydrogens is 507 g/mol. The summed E-state index contributed by atoms with van der Waals surface area (Å²) in [4.78, 5) is 11.2. The SMILES string of the molecule is CCOc1ccc(Oc2cc(CNC(=NC)N3CCC4(CCOC4)C3)ccn2)cc1.I. The zero-order chi connectivity index (χ0) is 20.8. The van der Waals surface area contributed by atoms with E-state index in [1.807, 2.05) is 50.4 Å². The van der Waals surface area contributed by atoms with Gasteiger partial charge in [0.1, 0.15) is 11.5 Å². The van der Waals surface area contributed by atoms with Gasteiger partial charge in [-0.1, -0.05) is 0 Å². The van der Waals surface area contributed by atoms with E-state index in [0.717, 1.165) is 55.7 Å². The predicted molar refractivity (Wildman–Crippen MR) is 132 cm³/mol. The molecule has 1 spiro atoms. The highest BCUT2D eigenvalue weighted by molar-refractivity contribution is 14.0. The van der Waals surface area contributed by atoms with Crippen LogP contribution in [0.15, 0.2) is 47.6 Å². The molecule has 1 aromatic carbocycles. The fourth-order valence-corrected chi connectivity index (χ4v) is 4.11. The molecule has 3 heterocycles. The van der Waals surface area contributed by atoms with Crippen molar-refractivity contribution in [1.82, 2.24) is 15.2 Å². The van der Waals surface area contributed by atoms with Crippen LogP contribution in [0.25, 0.3) is 0 Å². The molecule has 168 valence electrons. The molecule has 2 fully saturated rings. The van der Waals surface area contributed by atoms with E-state index in [0.29, 0.717) is 24.4 Å². The molecule has 31 heavy (non-hydrogen) atoms. The molecule has 2 aromatic rings. The van der Waals surface area contributed by atoms with Gasteiger partial charge in [-0.15, -0.1) is 24.0 Å². The van der Waals surface area contributed by atoms with E-state index in [4.69, 9.17) is 14.2 Å². The summed E-state index contributed by atoms with van der Waals surface area (Å²) in [5, 5.41) is 3.48. The van der Waals surface area contributed by atoms with Gasteiger partial charge >= 0.3 is 0 Å². The van der Waals surface area contributed by atoms with Crippen molar-refractivity contribution in [3.05, 3.63) is 48.2 Å². The van der Waals surface area contributed by atoms with Crippen LogP contribution in [0.1, 0.15) is 25.3 Å². The first-order chi connectivity index (χ1) is 14.7. The van der Waals surface area contributed by atoms with Gasteiger partial charge in [0.05, 0.1) is 13.2 Å². The fourth-order valence-electron chi connectivity index (χ4n) is 4.11. The maximum Gasteiger partial charge on any atom is 0.219 e. The number of aromatic nitrogens is 1. The normalized spacial score (nSPS) is 20.6. The quantitative estimate of drug-likeness (QED) is 0.340. The van der Waals surface area contributed by atoms with Gasteiger partial charge in [-0.2, -0.15) is 0 Å². The number of hydrogen-bond acceptors (Lipinski definition) is 5. The summed E-state index contributed by atoms with van der Waals surface area (Å²) < 4.78 is 17.0. The highest BCUT2D eigenvalue weighted by Gasteiger charge is 2.42. The summed E-state index contributed by atoms with van der Waals surface area (Å²) in [6, 6.07) is 11.5. The Bertz CT molecular complexity index is 869. The Balaban J connectivity index is 0.00000272. The number of guanidine groups is 1. The second-order valence-corrected chi connectivity index (χ2v) is 7.88. The standard InChI is InChI=1S/C23H30N4O3.HI/c1-3-29-19-4-6-20(7-5-19)30-21-14-18(8-11-25-21)15-26-22(24-2)27-12-9-23(16-27)10-13-28-17-23;/h4-8,11,14H,3,9-10,12-13,15-17H2,1-2H3,(H,24,26);1H. The Kier molecular flexibility index (Phi) is 8.36. The lowest BCUT2D eigenvalue weighted by molar-refractivity contribution is 0.156. The Morgan fingerprint density at radius 3 is 2.74 bits per heavy atom. The predicted octanol–water partition coefficient (Wildman–Crippen LogP) is 4.08. The number of benzene rings is 1. The van der Waals surface area contributed by atoms with Gasteiger partial charge in [-0.3, -0.25) is 4.99 Å². The first-order valence-corrected chi connectivity index (χ1v) is 10.6. The number of rotatable bonds is 6. The van der Waals surface area contributed by atoms with Crippen LogP contribution in [0.3, 0.4) is 0 Å². The zero-order valence-electron chi connectivity index (χ0n) is 18.2. The minimum absolute atomic E-state index is 0. The van der Waals surface area contributed by atoms with Crippen molar-refractivity contribution in [2.24, 2.45) is 10.4 Å². The summed E-state index contributed by atoms with van der Waals surface area (Å²) in [7, 11) is 1.84. The van der Waals surface area contributed by atoms with E-state index in [1.54, 1.807) is 6.20 Å². The molecule has 7 nitrogen and oxygen atoms in total. The van der Waals surface area contributed by atoms with Crippen molar-refractivity contribution in [3.8, 4) is 17.4 Å². The number of ether oxygens (including phenoxy) is 3. The summed E-state index contributed by atoms with van der Waals surface area (Å²) in [6.07, 6.45) is 4.09. The van der Waals surface area contributed by atoms with E-state index in [2.05, 4.69) is 20.2 Å². The van der Waals surface area contributed by atoms with Gasteiger partial charge in [-0.25, -0.2) is 4.98 Å². The number of halogens is 1. The molecule has 2 aliphatic rings. The molecule has 2 saturated heterocycles. The van der Waals surface area contributed by atoms with Crippen LogP contribution in [-0.2, 0) is 11.3 Å². The van der Waals surface area contributed by atoms with E-state index in [1.165, 1.54) is 6.42 Å². The Morgan fingerprint density at radius 2 is 2.03 bits per heavy atom. The van der Waals surface area contributed by atoms with Gasteiger partial charge in [0.25, 0.3) is 0 Å². The van der Waals surface area contributed by atoms with E-state index >= 15 is 0 Å². The zero-order valence-corrected chi connectivity index (χ0v) is 20.5. The largest absolute Gasteiger partial charge is 0.494 e. The smallest absolute Gasteiger partial charge is 0.219 e. The third-order valence-corrected chi connectivity index (χ3v) is 5.74. The van der Waals surface area contributed by atoms with Crippen molar-refractivity contribution in [3.63, 3.8) is 0 Å². The monoisotopic (exact) mass is 538 g/mol. The molecule has 2 aliphatic heterocycles. The number of nitrogens with zero attached hydrogens (tertiary/aromatic N) is 3. The van der Waals surface area contributed by atoms with Crippen LogP contribution in [0.4, 0.5) is 0 Å². The second-order valence-electron chi connectivity index (χ2n) is 7.88. The summed E-state index contributed by atoms with van der Waals surface area (Å²) in [5.74, 6) is 3.06. The molecule has 1 N–H and O–H groups in total. The van der Waals surface area contributed by atoms with E-state index in [9.17, 15) is 0 Å².